The molecular formula is C11H16BrClN2O3. The van der Waals surface area contributed by atoms with Gasteiger partial charge in [-0.25, -0.2) is 0 Å². The van der Waals surface area contributed by atoms with Crippen molar-refractivity contribution in [2.45, 2.75) is 13.0 Å². The normalized spacial score (nSPS) is 11.2. The molecule has 0 radical (unpaired) electrons. The number of halogens is 2. The fraction of sp³-hybridized carbons (Fsp3) is 0.364. The largest absolute Gasteiger partial charge is 0.493 e. The molecule has 0 saturated heterocycles. The van der Waals surface area contributed by atoms with Crippen LogP contribution in [0.4, 0.5) is 5.69 Å². The molecule has 0 aliphatic heterocycles. The summed E-state index contributed by atoms with van der Waals surface area (Å²) in [5, 5.41) is 2.69. The van der Waals surface area contributed by atoms with Gasteiger partial charge in [0.05, 0.1) is 25.9 Å². The summed E-state index contributed by atoms with van der Waals surface area (Å²) in [7, 11) is 3.08. The number of nitrogens with one attached hydrogen (secondary N) is 1. The van der Waals surface area contributed by atoms with Crippen molar-refractivity contribution in [2.75, 3.05) is 19.5 Å². The Hall–Kier alpha value is -0.980. The van der Waals surface area contributed by atoms with Crippen LogP contribution in [0.25, 0.3) is 0 Å². The number of methoxy groups -OCH3 is 2. The Morgan fingerprint density at radius 2 is 1.83 bits per heavy atom. The summed E-state index contributed by atoms with van der Waals surface area (Å²) >= 11 is 3.34. The smallest absolute Gasteiger partial charge is 0.241 e. The van der Waals surface area contributed by atoms with E-state index in [-0.39, 0.29) is 18.3 Å². The summed E-state index contributed by atoms with van der Waals surface area (Å²) in [6.07, 6.45) is 0. The lowest BCUT2D eigenvalue weighted by atomic mass is 10.2. The number of carbonyl (C=O) groups is 1. The quantitative estimate of drug-likeness (QED) is 0.882. The van der Waals surface area contributed by atoms with Crippen molar-refractivity contribution >= 4 is 39.9 Å². The van der Waals surface area contributed by atoms with E-state index >= 15 is 0 Å². The number of benzene rings is 1. The van der Waals surface area contributed by atoms with Crippen LogP contribution in [0, 0.1) is 0 Å². The third kappa shape index (κ3) is 4.04. The Bertz CT molecular complexity index is 427. The van der Waals surface area contributed by atoms with Gasteiger partial charge in [0.25, 0.3) is 0 Å². The van der Waals surface area contributed by atoms with E-state index in [1.165, 1.54) is 7.11 Å². The molecule has 5 nitrogen and oxygen atoms in total. The third-order valence-corrected chi connectivity index (χ3v) is 2.80. The molecule has 1 rings (SSSR count). The molecule has 0 unspecified atom stereocenters. The van der Waals surface area contributed by atoms with E-state index in [4.69, 9.17) is 15.2 Å². The number of rotatable bonds is 4. The SMILES string of the molecule is COc1cc(Br)c(NC(=O)[C@H](C)N)cc1OC.Cl. The molecule has 1 aromatic carbocycles. The molecule has 18 heavy (non-hydrogen) atoms. The van der Waals surface area contributed by atoms with Crippen LogP contribution >= 0.6 is 28.3 Å². The summed E-state index contributed by atoms with van der Waals surface area (Å²) in [6, 6.07) is 2.81. The number of hydrogen-bond acceptors (Lipinski definition) is 4. The van der Waals surface area contributed by atoms with Crippen molar-refractivity contribution in [3.8, 4) is 11.5 Å². The molecule has 102 valence electrons. The summed E-state index contributed by atoms with van der Waals surface area (Å²) in [5.41, 5.74) is 6.07. The Morgan fingerprint density at radius 3 is 2.28 bits per heavy atom. The van der Waals surface area contributed by atoms with Gasteiger partial charge in [-0.05, 0) is 22.9 Å². The van der Waals surface area contributed by atoms with E-state index in [1.54, 1.807) is 26.2 Å². The first-order chi connectivity index (χ1) is 7.99. The highest BCUT2D eigenvalue weighted by Crippen LogP contribution is 2.36. The van der Waals surface area contributed by atoms with E-state index in [0.717, 1.165) is 0 Å². The zero-order valence-corrected chi connectivity index (χ0v) is 12.7. The minimum Gasteiger partial charge on any atom is -0.493 e. The molecule has 0 heterocycles. The second-order valence-corrected chi connectivity index (χ2v) is 4.32. The van der Waals surface area contributed by atoms with E-state index < -0.39 is 6.04 Å². The minimum absolute atomic E-state index is 0. The van der Waals surface area contributed by atoms with E-state index in [1.807, 2.05) is 0 Å². The third-order valence-electron chi connectivity index (χ3n) is 2.14. The van der Waals surface area contributed by atoms with Crippen molar-refractivity contribution < 1.29 is 14.3 Å². The average Bonchev–Trinajstić information content (AvgIpc) is 2.30. The van der Waals surface area contributed by atoms with Crippen molar-refractivity contribution in [2.24, 2.45) is 5.73 Å². The number of carbonyl (C=O) groups excluding carboxylic acids is 1. The Balaban J connectivity index is 0.00000289. The number of nitrogens with two attached hydrogens (primary N) is 1. The molecule has 7 heteroatoms. The van der Waals surface area contributed by atoms with Gasteiger partial charge >= 0.3 is 0 Å². The fourth-order valence-corrected chi connectivity index (χ4v) is 1.62. The molecule has 1 aromatic rings. The maximum atomic E-state index is 11.5. The Labute approximate surface area is 121 Å². The summed E-state index contributed by atoms with van der Waals surface area (Å²) < 4.78 is 11.0. The average molecular weight is 340 g/mol. The first-order valence-electron chi connectivity index (χ1n) is 4.97. The van der Waals surface area contributed by atoms with E-state index in [9.17, 15) is 4.79 Å². The first kappa shape index (κ1) is 17.0. The minimum atomic E-state index is -0.574. The highest BCUT2D eigenvalue weighted by molar-refractivity contribution is 9.10. The molecule has 0 fully saturated rings. The molecule has 0 saturated carbocycles. The standard InChI is InChI=1S/C11H15BrN2O3.ClH/c1-6(13)11(15)14-8-5-10(17-3)9(16-2)4-7(8)12;/h4-6H,13H2,1-3H3,(H,14,15);1H/t6-;/m0./s1. The number of hydrogen-bond donors (Lipinski definition) is 2. The molecule has 0 aliphatic rings. The van der Waals surface area contributed by atoms with Gasteiger partial charge < -0.3 is 20.5 Å². The van der Waals surface area contributed by atoms with Gasteiger partial charge in [-0.3, -0.25) is 4.79 Å². The molecule has 0 bridgehead atoms. The van der Waals surface area contributed by atoms with Gasteiger partial charge in [0.2, 0.25) is 5.91 Å². The zero-order valence-electron chi connectivity index (χ0n) is 10.3. The predicted molar refractivity (Wildman–Crippen MR) is 76.8 cm³/mol. The molecule has 0 spiro atoms. The molecule has 1 atom stereocenters. The van der Waals surface area contributed by atoms with Crippen molar-refractivity contribution in [1.29, 1.82) is 0 Å². The molecular weight excluding hydrogens is 323 g/mol. The summed E-state index contributed by atoms with van der Waals surface area (Å²) in [6.45, 7) is 1.62. The lowest BCUT2D eigenvalue weighted by molar-refractivity contribution is -0.117. The fourth-order valence-electron chi connectivity index (χ4n) is 1.20. The first-order valence-corrected chi connectivity index (χ1v) is 5.76. The summed E-state index contributed by atoms with van der Waals surface area (Å²) in [4.78, 5) is 11.5. The van der Waals surface area contributed by atoms with Gasteiger partial charge in [-0.1, -0.05) is 0 Å². The molecule has 3 N–H and O–H groups in total. The molecule has 1 amide bonds. The molecule has 0 aromatic heterocycles. The lowest BCUT2D eigenvalue weighted by Gasteiger charge is -2.13. The van der Waals surface area contributed by atoms with Crippen LogP contribution in [0.2, 0.25) is 0 Å². The number of anilines is 1. The van der Waals surface area contributed by atoms with Gasteiger partial charge in [0.15, 0.2) is 11.5 Å². The van der Waals surface area contributed by atoms with Gasteiger partial charge in [-0.2, -0.15) is 0 Å². The van der Waals surface area contributed by atoms with Crippen molar-refractivity contribution in [1.82, 2.24) is 0 Å². The van der Waals surface area contributed by atoms with Crippen molar-refractivity contribution in [3.63, 3.8) is 0 Å². The van der Waals surface area contributed by atoms with Crippen LogP contribution in [0.1, 0.15) is 6.92 Å². The van der Waals surface area contributed by atoms with Crippen LogP contribution in [0.3, 0.4) is 0 Å². The topological polar surface area (TPSA) is 73.6 Å². The highest BCUT2D eigenvalue weighted by atomic mass is 79.9. The highest BCUT2D eigenvalue weighted by Gasteiger charge is 2.13. The number of ether oxygens (including phenoxy) is 2. The predicted octanol–water partition coefficient (Wildman–Crippen LogP) is 2.17. The van der Waals surface area contributed by atoms with E-state index in [2.05, 4.69) is 21.2 Å². The second kappa shape index (κ2) is 7.45. The maximum absolute atomic E-state index is 11.5. The van der Waals surface area contributed by atoms with E-state index in [0.29, 0.717) is 21.7 Å². The summed E-state index contributed by atoms with van der Waals surface area (Å²) in [5.74, 6) is 0.853. The van der Waals surface area contributed by atoms with Crippen molar-refractivity contribution in [3.05, 3.63) is 16.6 Å². The van der Waals surface area contributed by atoms with Gasteiger partial charge in [0.1, 0.15) is 0 Å². The van der Waals surface area contributed by atoms with Gasteiger partial charge in [0, 0.05) is 16.6 Å². The Morgan fingerprint density at radius 1 is 1.33 bits per heavy atom. The molecule has 0 aliphatic carbocycles. The monoisotopic (exact) mass is 338 g/mol. The van der Waals surface area contributed by atoms with Crippen LogP contribution < -0.4 is 20.5 Å². The van der Waals surface area contributed by atoms with Crippen LogP contribution in [-0.4, -0.2) is 26.2 Å². The van der Waals surface area contributed by atoms with Crippen LogP contribution in [0.5, 0.6) is 11.5 Å². The number of amides is 1. The van der Waals surface area contributed by atoms with Gasteiger partial charge in [-0.15, -0.1) is 12.4 Å². The Kier molecular flexibility index (Phi) is 7.05. The second-order valence-electron chi connectivity index (χ2n) is 3.46. The zero-order chi connectivity index (χ0) is 13.0. The van der Waals surface area contributed by atoms with Crippen LogP contribution in [-0.2, 0) is 4.79 Å². The van der Waals surface area contributed by atoms with Crippen LogP contribution in [0.15, 0.2) is 16.6 Å². The maximum Gasteiger partial charge on any atom is 0.241 e. The lowest BCUT2D eigenvalue weighted by Crippen LogP contribution is -2.32.